The van der Waals surface area contributed by atoms with Crippen molar-refractivity contribution in [3.05, 3.63) is 39.8 Å². The van der Waals surface area contributed by atoms with Gasteiger partial charge in [0.15, 0.2) is 4.75 Å². The van der Waals surface area contributed by atoms with E-state index in [1.54, 1.807) is 4.75 Å². The van der Waals surface area contributed by atoms with Crippen molar-refractivity contribution in [2.75, 3.05) is 13.6 Å². The Balaban J connectivity index is 0.000000337. The van der Waals surface area contributed by atoms with Gasteiger partial charge >= 0.3 is 0 Å². The first-order valence-electron chi connectivity index (χ1n) is 4.81. The first kappa shape index (κ1) is 11.6. The van der Waals surface area contributed by atoms with Gasteiger partial charge in [0.2, 0.25) is 0 Å². The van der Waals surface area contributed by atoms with E-state index in [1.807, 2.05) is 18.5 Å². The van der Waals surface area contributed by atoms with Crippen LogP contribution in [0.1, 0.15) is 24.4 Å². The maximum Gasteiger partial charge on any atom is 0.154 e. The second kappa shape index (κ2) is 6.08. The highest BCUT2D eigenvalue weighted by molar-refractivity contribution is 5.14. The van der Waals surface area contributed by atoms with E-state index in [2.05, 4.69) is 23.0 Å². The molecule has 1 aromatic heterocycles. The van der Waals surface area contributed by atoms with Crippen LogP contribution in [0.25, 0.3) is 0 Å². The van der Waals surface area contributed by atoms with Crippen molar-refractivity contribution in [3.8, 4) is 0 Å². The summed E-state index contributed by atoms with van der Waals surface area (Å²) in [5, 5.41) is 7.88. The zero-order valence-electron chi connectivity index (χ0n) is 8.63. The number of nitrogens with zero attached hydrogens (tertiary/aromatic N) is 2. The summed E-state index contributed by atoms with van der Waals surface area (Å²) in [4.78, 5) is 14.4. The van der Waals surface area contributed by atoms with Crippen molar-refractivity contribution >= 4 is 0 Å². The molecule has 0 spiro atoms. The maximum absolute atomic E-state index is 7.88. The van der Waals surface area contributed by atoms with E-state index >= 15 is 0 Å². The van der Waals surface area contributed by atoms with Crippen LogP contribution in [0.5, 0.6) is 0 Å². The van der Waals surface area contributed by atoms with Gasteiger partial charge in [-0.3, -0.25) is 9.88 Å². The van der Waals surface area contributed by atoms with Gasteiger partial charge in [-0.25, -0.2) is 0 Å². The molecule has 1 atom stereocenters. The molecule has 0 aromatic carbocycles. The lowest BCUT2D eigenvalue weighted by Gasteiger charge is -2.18. The topological polar surface area (TPSA) is 67.6 Å². The van der Waals surface area contributed by atoms with E-state index in [0.717, 1.165) is 0 Å². The fraction of sp³-hybridized carbons (Fsp3) is 0.500. The first-order valence-corrected chi connectivity index (χ1v) is 4.81. The van der Waals surface area contributed by atoms with Crippen LogP contribution in [0.15, 0.2) is 24.5 Å². The third-order valence-electron chi connectivity index (χ3n) is 2.59. The predicted molar refractivity (Wildman–Crippen MR) is 55.6 cm³/mol. The minimum absolute atomic E-state index is 0.610. The Morgan fingerprint density at radius 1 is 1.67 bits per heavy atom. The Hall–Kier alpha value is -1.49. The van der Waals surface area contributed by atoms with Crippen molar-refractivity contribution in [1.82, 2.24) is 9.88 Å². The Bertz CT molecular complexity index is 292. The molecular weight excluding hydrogens is 196 g/mol. The number of hydrogen-bond acceptors (Lipinski definition) is 4. The Kier molecular flexibility index (Phi) is 4.70. The Morgan fingerprint density at radius 2 is 2.40 bits per heavy atom. The van der Waals surface area contributed by atoms with Crippen LogP contribution in [0.3, 0.4) is 0 Å². The minimum atomic E-state index is 0.610. The van der Waals surface area contributed by atoms with E-state index in [4.69, 9.17) is 10.2 Å². The maximum atomic E-state index is 7.88. The van der Waals surface area contributed by atoms with Gasteiger partial charge in [-0.1, -0.05) is 16.3 Å². The van der Waals surface area contributed by atoms with Crippen LogP contribution in [0, 0.1) is 9.71 Å². The zero-order chi connectivity index (χ0) is 11.1. The number of likely N-dealkylation sites (tertiary alicyclic amines) is 1. The SMILES string of the molecule is CN1CCCC1c1cccnc1.O=[O+][O-]. The third kappa shape index (κ3) is 3.28. The molecule has 5 nitrogen and oxygen atoms in total. The van der Waals surface area contributed by atoms with E-state index in [-0.39, 0.29) is 0 Å². The predicted octanol–water partition coefficient (Wildman–Crippen LogP) is 0.726. The number of aromatic nitrogens is 1. The molecule has 1 aliphatic rings. The monoisotopic (exact) mass is 210 g/mol. The molecule has 1 unspecified atom stereocenters. The Morgan fingerprint density at radius 3 is 2.87 bits per heavy atom. The van der Waals surface area contributed by atoms with Gasteiger partial charge in [-0.05, 0) is 38.1 Å². The minimum Gasteiger partial charge on any atom is -0.299 e. The molecule has 0 aliphatic carbocycles. The lowest BCUT2D eigenvalue weighted by atomic mass is 10.1. The second-order valence-electron chi connectivity index (χ2n) is 3.49. The van der Waals surface area contributed by atoms with Crippen LogP contribution < -0.4 is 5.26 Å². The number of rotatable bonds is 1. The van der Waals surface area contributed by atoms with Crippen LogP contribution in [-0.4, -0.2) is 23.5 Å². The molecule has 0 N–H and O–H groups in total. The lowest BCUT2D eigenvalue weighted by molar-refractivity contribution is -0.284. The molecule has 5 heteroatoms. The van der Waals surface area contributed by atoms with Crippen molar-refractivity contribution in [1.29, 1.82) is 0 Å². The van der Waals surface area contributed by atoms with Gasteiger partial charge in [0.05, 0.1) is 0 Å². The summed E-state index contributed by atoms with van der Waals surface area (Å²) in [5.74, 6) is 0. The molecule has 82 valence electrons. The largest absolute Gasteiger partial charge is 0.299 e. The summed E-state index contributed by atoms with van der Waals surface area (Å²) in [6.07, 6.45) is 6.41. The lowest BCUT2D eigenvalue weighted by Crippen LogP contribution is -2.17. The second-order valence-corrected chi connectivity index (χ2v) is 3.49. The van der Waals surface area contributed by atoms with Gasteiger partial charge in [-0.2, -0.15) is 0 Å². The molecule has 1 fully saturated rings. The normalized spacial score (nSPS) is 20.5. The fourth-order valence-electron chi connectivity index (χ4n) is 1.90. The van der Waals surface area contributed by atoms with Gasteiger partial charge < -0.3 is 0 Å². The molecule has 0 amide bonds. The molecule has 0 bridgehead atoms. The average Bonchev–Trinajstić information content (AvgIpc) is 2.67. The molecule has 1 aromatic rings. The third-order valence-corrected chi connectivity index (χ3v) is 2.59. The van der Waals surface area contributed by atoms with E-state index < -0.39 is 0 Å². The molecule has 0 radical (unpaired) electrons. The van der Waals surface area contributed by atoms with Crippen LogP contribution in [0.4, 0.5) is 0 Å². The quantitative estimate of drug-likeness (QED) is 0.389. The molecule has 1 saturated heterocycles. The average molecular weight is 210 g/mol. The van der Waals surface area contributed by atoms with Crippen LogP contribution >= 0.6 is 0 Å². The highest BCUT2D eigenvalue weighted by atomic mass is 17.2. The molecule has 2 heterocycles. The van der Waals surface area contributed by atoms with Gasteiger partial charge in [0.1, 0.15) is 0 Å². The molecule has 15 heavy (non-hydrogen) atoms. The smallest absolute Gasteiger partial charge is 0.154 e. The van der Waals surface area contributed by atoms with Gasteiger partial charge in [0, 0.05) is 18.4 Å². The summed E-state index contributed by atoms with van der Waals surface area (Å²) in [6.45, 7) is 1.22. The van der Waals surface area contributed by atoms with E-state index in [9.17, 15) is 0 Å². The van der Waals surface area contributed by atoms with Crippen molar-refractivity contribution in [3.63, 3.8) is 0 Å². The van der Waals surface area contributed by atoms with Crippen molar-refractivity contribution in [2.24, 2.45) is 0 Å². The van der Waals surface area contributed by atoms with E-state index in [0.29, 0.717) is 6.04 Å². The summed E-state index contributed by atoms with van der Waals surface area (Å²) in [5.41, 5.74) is 1.36. The standard InChI is InChI=1S/C10H14N2.O3/c1-12-7-3-5-10(12)9-4-2-6-11-8-9;1-3-2/h2,4,6,8,10H,3,5,7H2,1H3;. The number of pyridine rings is 1. The highest BCUT2D eigenvalue weighted by Gasteiger charge is 2.21. The summed E-state index contributed by atoms with van der Waals surface area (Å²) in [6, 6.07) is 4.79. The molecular formula is C10H14N2O3. The van der Waals surface area contributed by atoms with Crippen molar-refractivity contribution in [2.45, 2.75) is 18.9 Å². The fourth-order valence-corrected chi connectivity index (χ4v) is 1.90. The summed E-state index contributed by atoms with van der Waals surface area (Å²) < 4.78 is 1.75. The Labute approximate surface area is 88.2 Å². The first-order chi connectivity index (χ1) is 7.29. The van der Waals surface area contributed by atoms with E-state index in [1.165, 1.54) is 24.9 Å². The van der Waals surface area contributed by atoms with Gasteiger partial charge in [0.25, 0.3) is 0 Å². The van der Waals surface area contributed by atoms with Crippen LogP contribution in [-0.2, 0) is 0 Å². The van der Waals surface area contributed by atoms with Crippen molar-refractivity contribution < 1.29 is 5.26 Å². The molecule has 2 rings (SSSR count). The number of hydrogen-bond donors (Lipinski definition) is 0. The summed E-state index contributed by atoms with van der Waals surface area (Å²) in [7, 11) is 2.19. The van der Waals surface area contributed by atoms with Gasteiger partial charge in [-0.15, -0.1) is 0 Å². The summed E-state index contributed by atoms with van der Waals surface area (Å²) >= 11 is 0. The van der Waals surface area contributed by atoms with Crippen LogP contribution in [0.2, 0.25) is 0 Å². The zero-order valence-corrected chi connectivity index (χ0v) is 8.63. The molecule has 1 aliphatic heterocycles. The highest BCUT2D eigenvalue weighted by Crippen LogP contribution is 2.29. The molecule has 0 saturated carbocycles.